The van der Waals surface area contributed by atoms with Crippen LogP contribution >= 0.6 is 0 Å². The van der Waals surface area contributed by atoms with Crippen LogP contribution in [-0.4, -0.2) is 21.4 Å². The Kier molecular flexibility index (Phi) is 7.34. The Morgan fingerprint density at radius 3 is 2.70 bits per heavy atom. The molecule has 1 heterocycles. The van der Waals surface area contributed by atoms with Gasteiger partial charge in [0.15, 0.2) is 0 Å². The molecule has 0 amide bonds. The molecule has 4 nitrogen and oxygen atoms in total. The first-order valence-corrected chi connectivity index (χ1v) is 7.05. The summed E-state index contributed by atoms with van der Waals surface area (Å²) in [6.07, 6.45) is 3.56. The predicted molar refractivity (Wildman–Crippen MR) is 77.0 cm³/mol. The second kappa shape index (κ2) is 8.77. The molecule has 0 saturated heterocycles. The third kappa shape index (κ3) is 5.76. The minimum absolute atomic E-state index is 0.169. The molecule has 0 aromatic carbocycles. The maximum Gasteiger partial charge on any atom is 0.133 e. The molecule has 1 aromatic heterocycles. The lowest BCUT2D eigenvalue weighted by atomic mass is 10.0. The second-order valence-corrected chi connectivity index (χ2v) is 4.97. The Labute approximate surface area is 120 Å². The fourth-order valence-electron chi connectivity index (χ4n) is 1.98. The summed E-state index contributed by atoms with van der Waals surface area (Å²) in [4.78, 5) is 0. The SMILES string of the molecule is CCCC(=C=CC[C@@H](O)c1ccc(CO)o1)C[C@H](C)O. The molecule has 0 aliphatic rings. The number of hydrogen-bond acceptors (Lipinski definition) is 4. The van der Waals surface area contributed by atoms with Crippen LogP contribution in [0.4, 0.5) is 0 Å². The predicted octanol–water partition coefficient (Wildman–Crippen LogP) is 2.85. The normalized spacial score (nSPS) is 13.7. The van der Waals surface area contributed by atoms with E-state index in [2.05, 4.69) is 12.7 Å². The van der Waals surface area contributed by atoms with Crippen LogP contribution < -0.4 is 0 Å². The van der Waals surface area contributed by atoms with Crippen LogP contribution in [0.1, 0.15) is 57.2 Å². The van der Waals surface area contributed by atoms with E-state index in [-0.39, 0.29) is 12.7 Å². The lowest BCUT2D eigenvalue weighted by molar-refractivity contribution is 0.145. The Morgan fingerprint density at radius 1 is 1.40 bits per heavy atom. The lowest BCUT2D eigenvalue weighted by Crippen LogP contribution is -2.00. The van der Waals surface area contributed by atoms with Gasteiger partial charge in [0.25, 0.3) is 0 Å². The third-order valence-corrected chi connectivity index (χ3v) is 2.91. The third-order valence-electron chi connectivity index (χ3n) is 2.91. The van der Waals surface area contributed by atoms with Crippen LogP contribution in [0.5, 0.6) is 0 Å². The van der Waals surface area contributed by atoms with Gasteiger partial charge in [0.1, 0.15) is 24.2 Å². The number of aliphatic hydroxyl groups excluding tert-OH is 3. The average Bonchev–Trinajstić information content (AvgIpc) is 2.87. The summed E-state index contributed by atoms with van der Waals surface area (Å²) in [5.74, 6) is 0.888. The van der Waals surface area contributed by atoms with Gasteiger partial charge in [0.2, 0.25) is 0 Å². The van der Waals surface area contributed by atoms with Crippen LogP contribution in [0.25, 0.3) is 0 Å². The highest BCUT2D eigenvalue weighted by molar-refractivity contribution is 5.10. The molecule has 0 aliphatic heterocycles. The van der Waals surface area contributed by atoms with Crippen molar-refractivity contribution in [3.63, 3.8) is 0 Å². The van der Waals surface area contributed by atoms with E-state index < -0.39 is 6.10 Å². The van der Waals surface area contributed by atoms with Gasteiger partial charge >= 0.3 is 0 Å². The summed E-state index contributed by atoms with van der Waals surface area (Å²) in [6.45, 7) is 3.67. The molecular weight excluding hydrogens is 256 g/mol. The van der Waals surface area contributed by atoms with E-state index in [1.807, 2.05) is 0 Å². The monoisotopic (exact) mass is 280 g/mol. The van der Waals surface area contributed by atoms with E-state index in [1.54, 1.807) is 25.1 Å². The summed E-state index contributed by atoms with van der Waals surface area (Å²) in [6, 6.07) is 3.31. The summed E-state index contributed by atoms with van der Waals surface area (Å²) >= 11 is 0. The van der Waals surface area contributed by atoms with Crippen molar-refractivity contribution in [3.8, 4) is 0 Å². The smallest absolute Gasteiger partial charge is 0.133 e. The summed E-state index contributed by atoms with van der Waals surface area (Å²) < 4.78 is 5.27. The first kappa shape index (κ1) is 16.7. The van der Waals surface area contributed by atoms with Crippen LogP contribution in [0.15, 0.2) is 33.9 Å². The van der Waals surface area contributed by atoms with Crippen molar-refractivity contribution in [2.24, 2.45) is 0 Å². The number of hydrogen-bond donors (Lipinski definition) is 3. The molecule has 0 unspecified atom stereocenters. The molecule has 1 rings (SSSR count). The van der Waals surface area contributed by atoms with Gasteiger partial charge in [-0.25, -0.2) is 0 Å². The Hall–Kier alpha value is -1.32. The van der Waals surface area contributed by atoms with Crippen molar-refractivity contribution in [3.05, 3.63) is 41.0 Å². The molecule has 20 heavy (non-hydrogen) atoms. The van der Waals surface area contributed by atoms with Crippen LogP contribution in [0.2, 0.25) is 0 Å². The number of rotatable bonds is 8. The minimum atomic E-state index is -0.739. The van der Waals surface area contributed by atoms with Gasteiger partial charge in [0, 0.05) is 12.8 Å². The second-order valence-electron chi connectivity index (χ2n) is 4.97. The number of aliphatic hydroxyl groups is 3. The number of furan rings is 1. The van der Waals surface area contributed by atoms with Gasteiger partial charge in [-0.15, -0.1) is 5.73 Å². The van der Waals surface area contributed by atoms with E-state index in [1.165, 1.54) is 0 Å². The Bertz CT molecular complexity index is 453. The maximum absolute atomic E-state index is 9.95. The summed E-state index contributed by atoms with van der Waals surface area (Å²) in [5, 5.41) is 28.3. The average molecular weight is 280 g/mol. The zero-order valence-electron chi connectivity index (χ0n) is 12.2. The van der Waals surface area contributed by atoms with Crippen LogP contribution in [-0.2, 0) is 6.61 Å². The molecule has 0 bridgehead atoms. The van der Waals surface area contributed by atoms with Gasteiger partial charge in [-0.1, -0.05) is 13.3 Å². The fraction of sp³-hybridized carbons (Fsp3) is 0.562. The maximum atomic E-state index is 9.95. The molecule has 0 saturated carbocycles. The quantitative estimate of drug-likeness (QED) is 0.640. The zero-order valence-corrected chi connectivity index (χ0v) is 12.2. The van der Waals surface area contributed by atoms with Crippen molar-refractivity contribution >= 4 is 0 Å². The fourth-order valence-corrected chi connectivity index (χ4v) is 1.98. The highest BCUT2D eigenvalue weighted by atomic mass is 16.4. The van der Waals surface area contributed by atoms with Gasteiger partial charge in [-0.05, 0) is 37.1 Å². The van der Waals surface area contributed by atoms with Crippen molar-refractivity contribution in [2.75, 3.05) is 0 Å². The minimum Gasteiger partial charge on any atom is -0.461 e. The van der Waals surface area contributed by atoms with E-state index in [4.69, 9.17) is 9.52 Å². The van der Waals surface area contributed by atoms with Crippen LogP contribution in [0.3, 0.4) is 0 Å². The summed E-state index contributed by atoms with van der Waals surface area (Å²) in [5.41, 5.74) is 4.21. The molecule has 0 fully saturated rings. The van der Waals surface area contributed by atoms with E-state index in [0.29, 0.717) is 24.4 Å². The van der Waals surface area contributed by atoms with Gasteiger partial charge in [0.05, 0.1) is 6.10 Å². The molecule has 1 aromatic rings. The van der Waals surface area contributed by atoms with Crippen molar-refractivity contribution < 1.29 is 19.7 Å². The molecule has 2 atom stereocenters. The van der Waals surface area contributed by atoms with Crippen molar-refractivity contribution in [2.45, 2.75) is 58.3 Å². The van der Waals surface area contributed by atoms with E-state index in [9.17, 15) is 10.2 Å². The molecule has 0 aliphatic carbocycles. The molecule has 4 heteroatoms. The first-order chi connectivity index (χ1) is 9.56. The molecule has 0 spiro atoms. The topological polar surface area (TPSA) is 73.8 Å². The van der Waals surface area contributed by atoms with Gasteiger partial charge < -0.3 is 19.7 Å². The highest BCUT2D eigenvalue weighted by Gasteiger charge is 2.10. The van der Waals surface area contributed by atoms with Crippen LogP contribution in [0, 0.1) is 0 Å². The molecule has 112 valence electrons. The van der Waals surface area contributed by atoms with Gasteiger partial charge in [-0.2, -0.15) is 0 Å². The van der Waals surface area contributed by atoms with Crippen molar-refractivity contribution in [1.29, 1.82) is 0 Å². The van der Waals surface area contributed by atoms with E-state index >= 15 is 0 Å². The largest absolute Gasteiger partial charge is 0.461 e. The molecular formula is C16H24O4. The van der Waals surface area contributed by atoms with Gasteiger partial charge in [-0.3, -0.25) is 0 Å². The highest BCUT2D eigenvalue weighted by Crippen LogP contribution is 2.20. The standard InChI is InChI=1S/C16H24O4/c1-3-5-13(10-12(2)18)6-4-7-15(19)16-9-8-14(11-17)20-16/h4,8-9,12,15,17-19H,3,5,7,10-11H2,1-2H3/t6?,12-,15+/m0/s1. The Balaban J connectivity index is 2.63. The zero-order chi connectivity index (χ0) is 15.0. The van der Waals surface area contributed by atoms with Crippen molar-refractivity contribution in [1.82, 2.24) is 0 Å². The van der Waals surface area contributed by atoms with E-state index in [0.717, 1.165) is 18.4 Å². The Morgan fingerprint density at radius 2 is 2.15 bits per heavy atom. The molecule has 0 radical (unpaired) electrons. The molecule has 3 N–H and O–H groups in total. The lowest BCUT2D eigenvalue weighted by Gasteiger charge is -2.06. The summed E-state index contributed by atoms with van der Waals surface area (Å²) in [7, 11) is 0. The first-order valence-electron chi connectivity index (χ1n) is 7.05.